The van der Waals surface area contributed by atoms with Crippen molar-refractivity contribution in [1.82, 2.24) is 20.2 Å². The van der Waals surface area contributed by atoms with Crippen LogP contribution in [0, 0.1) is 0 Å². The minimum absolute atomic E-state index is 0.0290. The number of halogens is 2. The minimum atomic E-state index is -3.27. The second kappa shape index (κ2) is 7.15. The van der Waals surface area contributed by atoms with Crippen molar-refractivity contribution in [2.45, 2.75) is 13.0 Å². The number of nitrogens with zero attached hydrogens (tertiary/aromatic N) is 4. The molecule has 0 saturated carbocycles. The summed E-state index contributed by atoms with van der Waals surface area (Å²) < 4.78 is 36.5. The number of hydrogen-bond donors (Lipinski definition) is 0. The van der Waals surface area contributed by atoms with Gasteiger partial charge in [0.05, 0.1) is 18.1 Å². The van der Waals surface area contributed by atoms with Crippen LogP contribution < -0.4 is 4.74 Å². The molecule has 0 aliphatic rings. The first kappa shape index (κ1) is 17.7. The lowest BCUT2D eigenvalue weighted by Gasteiger charge is -2.13. The number of alkyl halides is 2. The second-order valence-electron chi connectivity index (χ2n) is 6.01. The molecule has 0 saturated heterocycles. The number of ether oxygens (including phenoxy) is 1. The highest BCUT2D eigenvalue weighted by atomic mass is 19.3. The summed E-state index contributed by atoms with van der Waals surface area (Å²) in [5, 5.41) is 8.05. The maximum atomic E-state index is 13.1. The summed E-state index contributed by atoms with van der Waals surface area (Å²) in [6, 6.07) is 15.6. The molecule has 0 aliphatic heterocycles. The van der Waals surface area contributed by atoms with Crippen LogP contribution >= 0.6 is 0 Å². The zero-order valence-corrected chi connectivity index (χ0v) is 14.7. The largest absolute Gasteiger partial charge is 0.433 e. The van der Waals surface area contributed by atoms with Gasteiger partial charge in [-0.3, -0.25) is 4.98 Å². The fraction of sp³-hybridized carbons (Fsp3) is 0.100. The van der Waals surface area contributed by atoms with Gasteiger partial charge in [-0.15, -0.1) is 10.2 Å². The summed E-state index contributed by atoms with van der Waals surface area (Å²) in [5.41, 5.74) is 2.19. The lowest BCUT2D eigenvalue weighted by molar-refractivity contribution is -0.158. The lowest BCUT2D eigenvalue weighted by Crippen LogP contribution is -2.19. The van der Waals surface area contributed by atoms with E-state index in [9.17, 15) is 8.78 Å². The smallest absolute Gasteiger partial charge is 0.394 e. The first-order chi connectivity index (χ1) is 13.5. The topological polar surface area (TPSA) is 73.9 Å². The van der Waals surface area contributed by atoms with Crippen LogP contribution in [0.15, 0.2) is 71.4 Å². The Kier molecular flexibility index (Phi) is 4.52. The molecule has 4 rings (SSSR count). The predicted octanol–water partition coefficient (Wildman–Crippen LogP) is 4.85. The van der Waals surface area contributed by atoms with Gasteiger partial charge in [0.1, 0.15) is 11.4 Å². The van der Waals surface area contributed by atoms with Crippen LogP contribution in [0.25, 0.3) is 34.3 Å². The fourth-order valence-electron chi connectivity index (χ4n) is 2.56. The molecule has 0 aliphatic carbocycles. The first-order valence-corrected chi connectivity index (χ1v) is 8.36. The Balaban J connectivity index is 1.64. The van der Waals surface area contributed by atoms with Crippen LogP contribution in [-0.4, -0.2) is 26.3 Å². The molecule has 2 heterocycles. The molecule has 0 unspecified atom stereocenters. The average molecular weight is 380 g/mol. The molecule has 6 nitrogen and oxygen atoms in total. The van der Waals surface area contributed by atoms with Crippen LogP contribution in [0.1, 0.15) is 6.92 Å². The number of benzene rings is 2. The maximum absolute atomic E-state index is 13.1. The van der Waals surface area contributed by atoms with Crippen molar-refractivity contribution in [2.24, 2.45) is 0 Å². The van der Waals surface area contributed by atoms with Gasteiger partial charge in [0, 0.05) is 18.1 Å². The molecule has 0 amide bonds. The van der Waals surface area contributed by atoms with E-state index in [0.29, 0.717) is 29.8 Å². The van der Waals surface area contributed by atoms with Gasteiger partial charge in [0.25, 0.3) is 5.89 Å². The Morgan fingerprint density at radius 1 is 0.857 bits per heavy atom. The average Bonchev–Trinajstić information content (AvgIpc) is 3.18. The molecule has 2 aromatic carbocycles. The van der Waals surface area contributed by atoms with Crippen LogP contribution in [0.3, 0.4) is 0 Å². The molecule has 140 valence electrons. The summed E-state index contributed by atoms with van der Waals surface area (Å²) in [7, 11) is 0. The van der Waals surface area contributed by atoms with Crippen molar-refractivity contribution >= 4 is 0 Å². The monoisotopic (exact) mass is 380 g/mol. The molecule has 0 N–H and O–H groups in total. The Bertz CT molecular complexity index is 1090. The maximum Gasteiger partial charge on any atom is 0.394 e. The first-order valence-electron chi connectivity index (χ1n) is 8.36. The van der Waals surface area contributed by atoms with Gasteiger partial charge in [-0.05, 0) is 24.3 Å². The summed E-state index contributed by atoms with van der Waals surface area (Å²) in [6.45, 7) is 0.681. The molecule has 0 bridgehead atoms. The van der Waals surface area contributed by atoms with Crippen LogP contribution in [0.2, 0.25) is 0 Å². The van der Waals surface area contributed by atoms with Gasteiger partial charge in [-0.25, -0.2) is 4.98 Å². The highest BCUT2D eigenvalue weighted by Gasteiger charge is 2.23. The molecule has 28 heavy (non-hydrogen) atoms. The van der Waals surface area contributed by atoms with Crippen molar-refractivity contribution in [3.05, 3.63) is 67.0 Å². The molecular weight excluding hydrogens is 366 g/mol. The zero-order valence-electron chi connectivity index (χ0n) is 14.7. The van der Waals surface area contributed by atoms with E-state index >= 15 is 0 Å². The Morgan fingerprint density at radius 3 is 2.36 bits per heavy atom. The van der Waals surface area contributed by atoms with Gasteiger partial charge < -0.3 is 9.15 Å². The Labute approximate surface area is 158 Å². The van der Waals surface area contributed by atoms with Crippen molar-refractivity contribution in [3.63, 3.8) is 0 Å². The van der Waals surface area contributed by atoms with Gasteiger partial charge in [-0.2, -0.15) is 8.78 Å². The summed E-state index contributed by atoms with van der Waals surface area (Å²) in [4.78, 5) is 8.60. The van der Waals surface area contributed by atoms with E-state index < -0.39 is 6.11 Å². The molecule has 0 atom stereocenters. The van der Waals surface area contributed by atoms with Crippen molar-refractivity contribution in [1.29, 1.82) is 0 Å². The van der Waals surface area contributed by atoms with Crippen molar-refractivity contribution in [2.75, 3.05) is 0 Å². The quantitative estimate of drug-likeness (QED) is 0.493. The molecule has 0 spiro atoms. The van der Waals surface area contributed by atoms with E-state index in [1.807, 2.05) is 30.3 Å². The van der Waals surface area contributed by atoms with Crippen LogP contribution in [-0.2, 0) is 0 Å². The Morgan fingerprint density at radius 2 is 1.57 bits per heavy atom. The summed E-state index contributed by atoms with van der Waals surface area (Å²) >= 11 is 0. The summed E-state index contributed by atoms with van der Waals surface area (Å²) in [5.74, 6) is 0.602. The Hall–Kier alpha value is -3.68. The molecule has 2 aromatic heterocycles. The van der Waals surface area contributed by atoms with E-state index in [0.717, 1.165) is 5.56 Å². The lowest BCUT2D eigenvalue weighted by atomic mass is 10.1. The third-order valence-electron chi connectivity index (χ3n) is 3.73. The molecule has 0 fully saturated rings. The zero-order chi connectivity index (χ0) is 19.6. The summed E-state index contributed by atoms with van der Waals surface area (Å²) in [6.07, 6.45) is -0.267. The second-order valence-corrected chi connectivity index (χ2v) is 6.01. The number of rotatable bonds is 5. The van der Waals surface area contributed by atoms with E-state index in [1.165, 1.54) is 24.5 Å². The standard InChI is InChI=1S/C20H14F2N4O2/c1-20(21,22)28-15-9-5-8-14(10-15)16-11-23-12-17(24-16)19-26-25-18(27-19)13-6-3-2-4-7-13/h2-12H,1H3. The van der Waals surface area contributed by atoms with E-state index in [4.69, 9.17) is 4.42 Å². The van der Waals surface area contributed by atoms with E-state index in [-0.39, 0.29) is 11.6 Å². The van der Waals surface area contributed by atoms with Gasteiger partial charge in [-0.1, -0.05) is 30.3 Å². The van der Waals surface area contributed by atoms with Crippen LogP contribution in [0.4, 0.5) is 8.78 Å². The van der Waals surface area contributed by atoms with Crippen molar-refractivity contribution in [3.8, 4) is 40.0 Å². The molecule has 0 radical (unpaired) electrons. The SMILES string of the molecule is CC(F)(F)Oc1cccc(-c2cncc(-c3nnc(-c4ccccc4)o3)n2)c1. The minimum Gasteiger partial charge on any atom is -0.433 e. The predicted molar refractivity (Wildman–Crippen MR) is 97.4 cm³/mol. The third kappa shape index (κ3) is 4.01. The van der Waals surface area contributed by atoms with Gasteiger partial charge in [0.15, 0.2) is 0 Å². The van der Waals surface area contributed by atoms with Crippen LogP contribution in [0.5, 0.6) is 5.75 Å². The van der Waals surface area contributed by atoms with Gasteiger partial charge in [0.2, 0.25) is 5.89 Å². The normalized spacial score (nSPS) is 11.4. The van der Waals surface area contributed by atoms with Crippen molar-refractivity contribution < 1.29 is 17.9 Å². The highest BCUT2D eigenvalue weighted by Crippen LogP contribution is 2.28. The van der Waals surface area contributed by atoms with E-state index in [1.54, 1.807) is 12.1 Å². The molecule has 4 aromatic rings. The highest BCUT2D eigenvalue weighted by molar-refractivity contribution is 5.63. The third-order valence-corrected chi connectivity index (χ3v) is 3.73. The number of hydrogen-bond acceptors (Lipinski definition) is 6. The molecule has 8 heteroatoms. The molecular formula is C20H14F2N4O2. The number of aromatic nitrogens is 4. The van der Waals surface area contributed by atoms with Gasteiger partial charge >= 0.3 is 6.11 Å². The fourth-order valence-corrected chi connectivity index (χ4v) is 2.56. The van der Waals surface area contributed by atoms with E-state index in [2.05, 4.69) is 24.9 Å².